The Morgan fingerprint density at radius 3 is 2.49 bits per heavy atom. The second-order valence-electron chi connectivity index (χ2n) is 9.68. The third kappa shape index (κ3) is 4.44. The number of imidazole rings is 1. The Labute approximate surface area is 214 Å². The Kier molecular flexibility index (Phi) is 5.67. The molecule has 4 aromatic heterocycles. The van der Waals surface area contributed by atoms with Crippen molar-refractivity contribution in [3.8, 4) is 22.4 Å². The minimum atomic E-state index is -3.00. The van der Waals surface area contributed by atoms with Gasteiger partial charge in [-0.15, -0.1) is 0 Å². The van der Waals surface area contributed by atoms with Crippen LogP contribution >= 0.6 is 0 Å². The van der Waals surface area contributed by atoms with Crippen molar-refractivity contribution in [2.75, 3.05) is 24.2 Å². The van der Waals surface area contributed by atoms with Crippen molar-refractivity contribution in [3.05, 3.63) is 78.6 Å². The number of halogens is 1. The van der Waals surface area contributed by atoms with Gasteiger partial charge in [-0.2, -0.15) is 0 Å². The molecule has 0 N–H and O–H groups in total. The molecule has 5 heterocycles. The van der Waals surface area contributed by atoms with Gasteiger partial charge in [0.2, 0.25) is 0 Å². The van der Waals surface area contributed by atoms with E-state index in [9.17, 15) is 12.8 Å². The predicted octanol–water partition coefficient (Wildman–Crippen LogP) is 5.07. The highest BCUT2D eigenvalue weighted by molar-refractivity contribution is 7.91. The summed E-state index contributed by atoms with van der Waals surface area (Å²) in [5.74, 6) is 0.554. The van der Waals surface area contributed by atoms with E-state index in [-0.39, 0.29) is 11.1 Å². The first-order valence-corrected chi connectivity index (χ1v) is 14.2. The summed E-state index contributed by atoms with van der Waals surface area (Å²) in [5, 5.41) is 0.485. The van der Waals surface area contributed by atoms with Crippen LogP contribution in [0.15, 0.2) is 67.1 Å². The van der Waals surface area contributed by atoms with Gasteiger partial charge in [-0.1, -0.05) is 0 Å². The van der Waals surface area contributed by atoms with E-state index in [0.29, 0.717) is 25.9 Å². The molecule has 1 saturated heterocycles. The molecular weight excluding hydrogens is 489 g/mol. The Morgan fingerprint density at radius 2 is 1.76 bits per heavy atom. The number of fused-ring (bicyclic) bond motifs is 2. The van der Waals surface area contributed by atoms with Crippen molar-refractivity contribution in [1.82, 2.24) is 19.4 Å². The van der Waals surface area contributed by atoms with Crippen LogP contribution < -0.4 is 4.90 Å². The van der Waals surface area contributed by atoms with E-state index in [0.717, 1.165) is 50.4 Å². The molecule has 1 aliphatic heterocycles. The van der Waals surface area contributed by atoms with Gasteiger partial charge >= 0.3 is 0 Å². The van der Waals surface area contributed by atoms with Crippen LogP contribution in [0.5, 0.6) is 0 Å². The van der Waals surface area contributed by atoms with Crippen molar-refractivity contribution >= 4 is 32.2 Å². The highest BCUT2D eigenvalue weighted by atomic mass is 32.2. The molecule has 1 aromatic carbocycles. The third-order valence-corrected chi connectivity index (χ3v) is 8.82. The van der Waals surface area contributed by atoms with E-state index < -0.39 is 9.84 Å². The molecule has 1 aliphatic rings. The predicted molar refractivity (Wildman–Crippen MR) is 144 cm³/mol. The van der Waals surface area contributed by atoms with Gasteiger partial charge < -0.3 is 4.90 Å². The first kappa shape index (κ1) is 23.5. The molecule has 37 heavy (non-hydrogen) atoms. The Hall–Kier alpha value is -3.85. The molecule has 0 radical (unpaired) electrons. The highest BCUT2D eigenvalue weighted by Gasteiger charge is 2.27. The van der Waals surface area contributed by atoms with Crippen LogP contribution in [0.25, 0.3) is 38.9 Å². The first-order chi connectivity index (χ1) is 17.8. The van der Waals surface area contributed by atoms with Crippen molar-refractivity contribution in [1.29, 1.82) is 0 Å². The van der Waals surface area contributed by atoms with E-state index in [2.05, 4.69) is 19.9 Å². The van der Waals surface area contributed by atoms with Crippen LogP contribution in [0.2, 0.25) is 0 Å². The number of anilines is 1. The maximum atomic E-state index is 14.0. The van der Waals surface area contributed by atoms with Crippen LogP contribution in [0, 0.1) is 12.7 Å². The summed E-state index contributed by atoms with van der Waals surface area (Å²) >= 11 is 0. The molecule has 7 nitrogen and oxygen atoms in total. The minimum Gasteiger partial charge on any atom is -0.357 e. The second-order valence-corrected chi connectivity index (χ2v) is 12.0. The fraction of sp³-hybridized carbons (Fsp3) is 0.250. The largest absolute Gasteiger partial charge is 0.357 e. The quantitative estimate of drug-likeness (QED) is 0.332. The van der Waals surface area contributed by atoms with Gasteiger partial charge in [0.05, 0.1) is 22.7 Å². The summed E-state index contributed by atoms with van der Waals surface area (Å²) in [6.45, 7) is 3.29. The maximum absolute atomic E-state index is 14.0. The number of aromatic nitrogens is 4. The lowest BCUT2D eigenvalue weighted by Crippen LogP contribution is -2.39. The maximum Gasteiger partial charge on any atom is 0.150 e. The van der Waals surface area contributed by atoms with E-state index in [1.165, 1.54) is 18.4 Å². The second kappa shape index (κ2) is 8.92. The molecule has 5 aromatic rings. The van der Waals surface area contributed by atoms with Gasteiger partial charge in [-0.3, -0.25) is 9.38 Å². The zero-order valence-corrected chi connectivity index (χ0v) is 21.4. The average molecular weight is 516 g/mol. The van der Waals surface area contributed by atoms with E-state index in [1.807, 2.05) is 54.0 Å². The summed E-state index contributed by atoms with van der Waals surface area (Å²) in [4.78, 5) is 16.0. The highest BCUT2D eigenvalue weighted by Crippen LogP contribution is 2.31. The molecule has 0 unspecified atom stereocenters. The summed E-state index contributed by atoms with van der Waals surface area (Å²) in [6, 6.07) is 14.6. The summed E-state index contributed by atoms with van der Waals surface area (Å²) < 4.78 is 39.7. The van der Waals surface area contributed by atoms with Crippen LogP contribution in [0.3, 0.4) is 0 Å². The van der Waals surface area contributed by atoms with Gasteiger partial charge in [-0.25, -0.2) is 22.8 Å². The number of pyridine rings is 3. The van der Waals surface area contributed by atoms with E-state index in [4.69, 9.17) is 0 Å². The molecule has 9 heteroatoms. The zero-order chi connectivity index (χ0) is 25.7. The summed E-state index contributed by atoms with van der Waals surface area (Å²) in [6.07, 6.45) is 8.19. The van der Waals surface area contributed by atoms with Crippen molar-refractivity contribution in [3.63, 3.8) is 0 Å². The van der Waals surface area contributed by atoms with Crippen LogP contribution in [0.4, 0.5) is 10.2 Å². The smallest absolute Gasteiger partial charge is 0.150 e. The lowest BCUT2D eigenvalue weighted by atomic mass is 10.0. The van der Waals surface area contributed by atoms with Crippen molar-refractivity contribution < 1.29 is 12.8 Å². The number of rotatable bonds is 4. The number of nitrogens with zero attached hydrogens (tertiary/aromatic N) is 5. The molecule has 0 saturated carbocycles. The minimum absolute atomic E-state index is 0.262. The summed E-state index contributed by atoms with van der Waals surface area (Å²) in [7, 11) is -3.00. The number of benzene rings is 1. The molecule has 1 fully saturated rings. The van der Waals surface area contributed by atoms with Crippen molar-refractivity contribution in [2.45, 2.75) is 25.0 Å². The van der Waals surface area contributed by atoms with Gasteiger partial charge in [0.1, 0.15) is 27.1 Å². The molecule has 188 valence electrons. The van der Waals surface area contributed by atoms with E-state index in [1.54, 1.807) is 12.3 Å². The summed E-state index contributed by atoms with van der Waals surface area (Å²) in [5.41, 5.74) is 6.08. The molecule has 0 atom stereocenters. The van der Waals surface area contributed by atoms with Gasteiger partial charge in [-0.05, 0) is 73.9 Å². The molecule has 6 rings (SSSR count). The first-order valence-electron chi connectivity index (χ1n) is 12.2. The Morgan fingerprint density at radius 1 is 0.946 bits per heavy atom. The lowest BCUT2D eigenvalue weighted by Gasteiger charge is -2.31. The van der Waals surface area contributed by atoms with Gasteiger partial charge in [0.25, 0.3) is 0 Å². The Bertz CT molecular complexity index is 1740. The number of piperidine rings is 1. The molecule has 0 aliphatic carbocycles. The number of hydrogen-bond donors (Lipinski definition) is 0. The van der Waals surface area contributed by atoms with Crippen LogP contribution in [-0.2, 0) is 9.84 Å². The van der Waals surface area contributed by atoms with Crippen LogP contribution in [-0.4, -0.2) is 52.4 Å². The third-order valence-electron chi connectivity index (χ3n) is 7.14. The van der Waals surface area contributed by atoms with E-state index >= 15 is 0 Å². The average Bonchev–Trinajstić information content (AvgIpc) is 3.31. The van der Waals surface area contributed by atoms with Gasteiger partial charge in [0.15, 0.2) is 0 Å². The number of sulfone groups is 1. The lowest BCUT2D eigenvalue weighted by molar-refractivity contribution is 0.532. The van der Waals surface area contributed by atoms with Crippen molar-refractivity contribution in [2.24, 2.45) is 0 Å². The Balaban J connectivity index is 1.28. The molecule has 0 spiro atoms. The monoisotopic (exact) mass is 515 g/mol. The zero-order valence-electron chi connectivity index (χ0n) is 20.6. The molecule has 0 amide bonds. The fourth-order valence-corrected chi connectivity index (χ4v) is 6.23. The topological polar surface area (TPSA) is 80.5 Å². The molecule has 0 bridgehead atoms. The normalized spacial score (nSPS) is 15.1. The standard InChI is InChI=1S/C28H26FN5O2S/c1-18-13-24(23-15-21(29)4-5-25(23)32-18)26-17-31-28-14-19(7-12-34(26)28)20-3-6-27(30-16-20)33-10-8-22(9-11-33)37(2,35)36/h3-7,12-17,22H,8-11H2,1-2H3. The number of aryl methyl sites for hydroxylation is 1. The molecular formula is C28H26FN5O2S. The fourth-order valence-electron chi connectivity index (χ4n) is 5.16. The van der Waals surface area contributed by atoms with Crippen LogP contribution in [0.1, 0.15) is 18.5 Å². The van der Waals surface area contributed by atoms with Gasteiger partial charge in [0, 0.05) is 53.9 Å². The SMILES string of the molecule is Cc1cc(-c2cnc3cc(-c4ccc(N5CCC(S(C)(=O)=O)CC5)nc4)ccn23)c2cc(F)ccc2n1. The number of hydrogen-bond acceptors (Lipinski definition) is 6.